The number of hydrogen-bond acceptors (Lipinski definition) is 8. The van der Waals surface area contributed by atoms with Gasteiger partial charge >= 0.3 is 6.18 Å². The average Bonchev–Trinajstić information content (AvgIpc) is 3.71. The number of nitrogens with two attached hydrogens (primary N) is 2. The molecule has 4 aromatic rings. The van der Waals surface area contributed by atoms with E-state index in [1.165, 1.54) is 11.9 Å². The molecule has 0 saturated heterocycles. The Bertz CT molecular complexity index is 2010. The number of carbonyl (C=O) groups is 3. The minimum atomic E-state index is -4.70. The van der Waals surface area contributed by atoms with E-state index in [9.17, 15) is 27.6 Å². The number of unbranched alkanes of at least 4 members (excludes halogenated alkanes) is 1. The van der Waals surface area contributed by atoms with Gasteiger partial charge in [-0.2, -0.15) is 13.2 Å². The van der Waals surface area contributed by atoms with Gasteiger partial charge in [-0.25, -0.2) is 0 Å². The summed E-state index contributed by atoms with van der Waals surface area (Å²) in [6.45, 7) is 0.575. The predicted octanol–water partition coefficient (Wildman–Crippen LogP) is 4.90. The van der Waals surface area contributed by atoms with E-state index in [-0.39, 0.29) is 48.3 Å². The number of nitrogens with one attached hydrogen (secondary N) is 4. The standard InChI is InChI=1S/C38H44ClF3N8O3S/c1-50-31(16-22-19-46-28-8-3-2-7-26(22)28)34(51)47-20-23-15-25(38(40,41)42)17-27(39)33(23)54-32-10-6-14-45-30(32)21-48-37(18-24(37)11-13-44)36(53)49-29(35(50)52)9-4-5-12-43/h2-3,6-8,10,14-15,17,19,24,29,31,46,48H,4-5,9,11-13,16,18,20-21,43-44H2,1H3,(H,47,51)(H,49,53)/t24-,29+,31+,37?/m1/s1. The molecule has 6 rings (SSSR count). The fraction of sp³-hybridized carbons (Fsp3) is 0.421. The van der Waals surface area contributed by atoms with Gasteiger partial charge in [-0.15, -0.1) is 0 Å². The third-order valence-corrected chi connectivity index (χ3v) is 12.0. The summed E-state index contributed by atoms with van der Waals surface area (Å²) >= 11 is 7.72. The highest BCUT2D eigenvalue weighted by Crippen LogP contribution is 2.47. The Morgan fingerprint density at radius 3 is 2.59 bits per heavy atom. The molecule has 2 aromatic carbocycles. The molecule has 11 nitrogen and oxygen atoms in total. The lowest BCUT2D eigenvalue weighted by Crippen LogP contribution is -2.58. The molecule has 54 heavy (non-hydrogen) atoms. The summed E-state index contributed by atoms with van der Waals surface area (Å²) in [5.74, 6) is -1.55. The molecule has 0 bridgehead atoms. The van der Waals surface area contributed by atoms with Crippen LogP contribution in [0.3, 0.4) is 0 Å². The molecule has 4 atom stereocenters. The minimum Gasteiger partial charge on any atom is -0.361 e. The lowest BCUT2D eigenvalue weighted by Gasteiger charge is -2.32. The first kappa shape index (κ1) is 39.5. The second-order valence-electron chi connectivity index (χ2n) is 13.9. The van der Waals surface area contributed by atoms with E-state index < -0.39 is 41.2 Å². The zero-order valence-corrected chi connectivity index (χ0v) is 31.3. The number of halogens is 4. The SMILES string of the molecule is CN1C(=O)[C@H](CCCCN)NC(=O)C2(C[C@H]2CCN)NCc2ncccc2Sc2c(Cl)cc(C(F)(F)F)cc2CNC(=O)[C@@H]1Cc1c[nH]c2ccccc12. The number of carbonyl (C=O) groups excluding carboxylic acids is 3. The zero-order chi connectivity index (χ0) is 38.6. The van der Waals surface area contributed by atoms with Gasteiger partial charge in [-0.3, -0.25) is 24.7 Å². The largest absolute Gasteiger partial charge is 0.416 e. The number of alkyl halides is 3. The average molecular weight is 785 g/mol. The van der Waals surface area contributed by atoms with Crippen LogP contribution in [-0.4, -0.2) is 70.3 Å². The molecule has 1 fully saturated rings. The highest BCUT2D eigenvalue weighted by molar-refractivity contribution is 7.99. The molecule has 3 amide bonds. The van der Waals surface area contributed by atoms with E-state index in [1.807, 2.05) is 24.3 Å². The number of aromatic amines is 1. The molecular weight excluding hydrogens is 741 g/mol. The van der Waals surface area contributed by atoms with Crippen LogP contribution in [0.15, 0.2) is 70.7 Å². The fourth-order valence-electron chi connectivity index (χ4n) is 7.17. The molecule has 1 aliphatic carbocycles. The quantitative estimate of drug-likeness (QED) is 0.137. The second-order valence-corrected chi connectivity index (χ2v) is 15.3. The van der Waals surface area contributed by atoms with Crippen molar-refractivity contribution in [2.24, 2.45) is 17.4 Å². The normalized spacial score (nSPS) is 22.8. The van der Waals surface area contributed by atoms with Gasteiger partial charge in [0.15, 0.2) is 0 Å². The Labute approximate surface area is 320 Å². The third-order valence-electron chi connectivity index (χ3n) is 10.3. The number of rotatable bonds is 8. The summed E-state index contributed by atoms with van der Waals surface area (Å²) in [7, 11) is 1.50. The number of pyridine rings is 1. The van der Waals surface area contributed by atoms with Crippen molar-refractivity contribution in [3.8, 4) is 0 Å². The maximum atomic E-state index is 14.5. The highest BCUT2D eigenvalue weighted by atomic mass is 35.5. The van der Waals surface area contributed by atoms with Crippen molar-refractivity contribution in [1.29, 1.82) is 0 Å². The number of benzene rings is 2. The summed E-state index contributed by atoms with van der Waals surface area (Å²) in [6.07, 6.45) is 1.21. The number of hydrogen-bond donors (Lipinski definition) is 6. The van der Waals surface area contributed by atoms with Crippen LogP contribution in [-0.2, 0) is 40.1 Å². The maximum Gasteiger partial charge on any atom is 0.416 e. The smallest absolute Gasteiger partial charge is 0.361 e. The number of amides is 3. The number of para-hydroxylation sites is 1. The lowest BCUT2D eigenvalue weighted by molar-refractivity contribution is -0.142. The van der Waals surface area contributed by atoms with Crippen LogP contribution in [0.2, 0.25) is 5.02 Å². The van der Waals surface area contributed by atoms with Gasteiger partial charge in [0.2, 0.25) is 17.7 Å². The van der Waals surface area contributed by atoms with Crippen LogP contribution >= 0.6 is 23.4 Å². The topological polar surface area (TPSA) is 171 Å². The molecule has 0 radical (unpaired) electrons. The van der Waals surface area contributed by atoms with E-state index in [1.54, 1.807) is 24.5 Å². The molecule has 1 aliphatic heterocycles. The Balaban J connectivity index is 1.45. The third kappa shape index (κ3) is 8.55. The van der Waals surface area contributed by atoms with Crippen molar-refractivity contribution < 1.29 is 27.6 Å². The molecule has 1 spiro atoms. The van der Waals surface area contributed by atoms with E-state index >= 15 is 0 Å². The van der Waals surface area contributed by atoms with Crippen LogP contribution in [0.4, 0.5) is 13.2 Å². The molecule has 1 saturated carbocycles. The van der Waals surface area contributed by atoms with Crippen LogP contribution in [0.1, 0.15) is 54.5 Å². The lowest BCUT2D eigenvalue weighted by atomic mass is 10.0. The monoisotopic (exact) mass is 784 g/mol. The van der Waals surface area contributed by atoms with Crippen molar-refractivity contribution in [2.45, 2.75) is 85.2 Å². The number of likely N-dealkylation sites (N-methyl/N-ethyl adjacent to an activating group) is 1. The van der Waals surface area contributed by atoms with Crippen molar-refractivity contribution in [3.63, 3.8) is 0 Å². The van der Waals surface area contributed by atoms with Crippen molar-refractivity contribution in [2.75, 3.05) is 20.1 Å². The molecule has 8 N–H and O–H groups in total. The molecule has 288 valence electrons. The Morgan fingerprint density at radius 1 is 1.04 bits per heavy atom. The first-order valence-corrected chi connectivity index (χ1v) is 19.1. The molecule has 16 heteroatoms. The van der Waals surface area contributed by atoms with Crippen LogP contribution in [0.25, 0.3) is 10.9 Å². The van der Waals surface area contributed by atoms with Crippen molar-refractivity contribution >= 4 is 52.0 Å². The minimum absolute atomic E-state index is 0.0790. The van der Waals surface area contributed by atoms with Gasteiger partial charge in [0.05, 0.1) is 16.3 Å². The van der Waals surface area contributed by atoms with Crippen molar-refractivity contribution in [3.05, 3.63) is 88.3 Å². The van der Waals surface area contributed by atoms with E-state index in [4.69, 9.17) is 23.1 Å². The van der Waals surface area contributed by atoms with Crippen LogP contribution < -0.4 is 27.4 Å². The Morgan fingerprint density at radius 2 is 1.83 bits per heavy atom. The maximum absolute atomic E-state index is 14.5. The summed E-state index contributed by atoms with van der Waals surface area (Å²) in [4.78, 5) is 53.0. The molecule has 3 heterocycles. The summed E-state index contributed by atoms with van der Waals surface area (Å²) in [6, 6.07) is 10.7. The zero-order valence-electron chi connectivity index (χ0n) is 29.8. The van der Waals surface area contributed by atoms with Crippen molar-refractivity contribution in [1.82, 2.24) is 30.8 Å². The Hall–Kier alpha value is -4.15. The van der Waals surface area contributed by atoms with Crippen LogP contribution in [0.5, 0.6) is 0 Å². The van der Waals surface area contributed by atoms with Gasteiger partial charge in [-0.05, 0) is 92.6 Å². The molecule has 2 aromatic heterocycles. The first-order chi connectivity index (χ1) is 25.9. The number of nitrogens with zero attached hydrogens (tertiary/aromatic N) is 2. The number of fused-ring (bicyclic) bond motifs is 3. The van der Waals surface area contributed by atoms with Gasteiger partial charge in [0.25, 0.3) is 0 Å². The second kappa shape index (κ2) is 16.7. The highest BCUT2D eigenvalue weighted by Gasteiger charge is 2.59. The van der Waals surface area contributed by atoms with Gasteiger partial charge in [0.1, 0.15) is 17.6 Å². The number of H-pyrrole nitrogens is 1. The van der Waals surface area contributed by atoms with Gasteiger partial charge in [0, 0.05) is 59.6 Å². The van der Waals surface area contributed by atoms with E-state index in [0.29, 0.717) is 54.3 Å². The van der Waals surface area contributed by atoms with E-state index in [2.05, 4.69) is 25.9 Å². The summed E-state index contributed by atoms with van der Waals surface area (Å²) < 4.78 is 42.3. The predicted molar refractivity (Wildman–Crippen MR) is 201 cm³/mol. The number of aromatic nitrogens is 2. The van der Waals surface area contributed by atoms with E-state index in [0.717, 1.165) is 40.4 Å². The first-order valence-electron chi connectivity index (χ1n) is 17.9. The molecular formula is C38H44ClF3N8O3S. The fourth-order valence-corrected chi connectivity index (χ4v) is 8.55. The van der Waals surface area contributed by atoms with Crippen LogP contribution in [0, 0.1) is 5.92 Å². The summed E-state index contributed by atoms with van der Waals surface area (Å²) in [5, 5.41) is 9.95. The van der Waals surface area contributed by atoms with Gasteiger partial charge in [-0.1, -0.05) is 41.6 Å². The summed E-state index contributed by atoms with van der Waals surface area (Å²) in [5.41, 5.74) is 12.0. The molecule has 2 aliphatic rings. The molecule has 1 unspecified atom stereocenters. The van der Waals surface area contributed by atoms with Gasteiger partial charge < -0.3 is 32.0 Å². The Kier molecular flexibility index (Phi) is 12.2.